The first-order chi connectivity index (χ1) is 9.56. The van der Waals surface area contributed by atoms with Gasteiger partial charge in [-0.25, -0.2) is 9.18 Å². The number of pyridine rings is 1. The minimum absolute atomic E-state index is 0.0828. The Kier molecular flexibility index (Phi) is 4.67. The summed E-state index contributed by atoms with van der Waals surface area (Å²) in [5.74, 6) is -0.908. The maximum absolute atomic E-state index is 13.0. The average molecular weight is 282 g/mol. The molecule has 0 saturated carbocycles. The maximum Gasteiger partial charge on any atom is 0.332 e. The maximum atomic E-state index is 13.0. The number of nitrogens with zero attached hydrogens (tertiary/aromatic N) is 1. The minimum Gasteiger partial charge on any atom is -0.467 e. The third kappa shape index (κ3) is 3.13. The van der Waals surface area contributed by atoms with Crippen molar-refractivity contribution in [2.75, 3.05) is 20.3 Å². The SMILES string of the molecule is COC(=O)C(C)(NCC1CCCO1)c1ccc(F)cn1. The van der Waals surface area contributed by atoms with Crippen molar-refractivity contribution < 1.29 is 18.7 Å². The zero-order valence-electron chi connectivity index (χ0n) is 11.7. The van der Waals surface area contributed by atoms with E-state index in [9.17, 15) is 9.18 Å². The summed E-state index contributed by atoms with van der Waals surface area (Å²) in [5.41, 5.74) is -0.697. The zero-order chi connectivity index (χ0) is 14.6. The molecule has 0 radical (unpaired) electrons. The lowest BCUT2D eigenvalue weighted by molar-refractivity contribution is -0.148. The van der Waals surface area contributed by atoms with Gasteiger partial charge in [-0.15, -0.1) is 0 Å². The van der Waals surface area contributed by atoms with Crippen LogP contribution in [0.5, 0.6) is 0 Å². The smallest absolute Gasteiger partial charge is 0.332 e. The predicted octanol–water partition coefficient (Wildman–Crippen LogP) is 1.38. The lowest BCUT2D eigenvalue weighted by Gasteiger charge is -2.28. The van der Waals surface area contributed by atoms with Gasteiger partial charge in [-0.1, -0.05) is 0 Å². The van der Waals surface area contributed by atoms with Crippen molar-refractivity contribution >= 4 is 5.97 Å². The molecule has 2 rings (SSSR count). The Morgan fingerprint density at radius 1 is 1.65 bits per heavy atom. The Balaban J connectivity index is 2.15. The van der Waals surface area contributed by atoms with Gasteiger partial charge < -0.3 is 9.47 Å². The number of halogens is 1. The number of aromatic nitrogens is 1. The van der Waals surface area contributed by atoms with Gasteiger partial charge in [-0.05, 0) is 31.9 Å². The van der Waals surface area contributed by atoms with E-state index in [0.29, 0.717) is 12.2 Å². The van der Waals surface area contributed by atoms with Crippen LogP contribution < -0.4 is 5.32 Å². The normalized spacial score (nSPS) is 21.4. The Morgan fingerprint density at radius 2 is 2.45 bits per heavy atom. The van der Waals surface area contributed by atoms with Crippen molar-refractivity contribution in [3.05, 3.63) is 29.8 Å². The lowest BCUT2D eigenvalue weighted by Crippen LogP contribution is -2.50. The summed E-state index contributed by atoms with van der Waals surface area (Å²) in [7, 11) is 1.32. The number of methoxy groups -OCH3 is 1. The Morgan fingerprint density at radius 3 is 3.00 bits per heavy atom. The number of rotatable bonds is 5. The van der Waals surface area contributed by atoms with Gasteiger partial charge in [0.15, 0.2) is 5.54 Å². The van der Waals surface area contributed by atoms with Crippen LogP contribution in [0, 0.1) is 5.82 Å². The first-order valence-corrected chi connectivity index (χ1v) is 6.63. The second-order valence-corrected chi connectivity index (χ2v) is 4.99. The Hall–Kier alpha value is -1.53. The number of carbonyl (C=O) groups excluding carboxylic acids is 1. The van der Waals surface area contributed by atoms with Gasteiger partial charge in [-0.2, -0.15) is 0 Å². The number of nitrogens with one attached hydrogen (secondary N) is 1. The van der Waals surface area contributed by atoms with Crippen LogP contribution >= 0.6 is 0 Å². The van der Waals surface area contributed by atoms with Crippen molar-refractivity contribution in [2.24, 2.45) is 0 Å². The van der Waals surface area contributed by atoms with Gasteiger partial charge in [0, 0.05) is 13.2 Å². The summed E-state index contributed by atoms with van der Waals surface area (Å²) in [6.07, 6.45) is 3.15. The van der Waals surface area contributed by atoms with E-state index in [1.807, 2.05) is 0 Å². The number of hydrogen-bond acceptors (Lipinski definition) is 5. The van der Waals surface area contributed by atoms with Gasteiger partial charge >= 0.3 is 5.97 Å². The molecule has 1 aliphatic heterocycles. The molecule has 1 saturated heterocycles. The third-order valence-corrected chi connectivity index (χ3v) is 3.54. The van der Waals surface area contributed by atoms with Crippen LogP contribution in [0.15, 0.2) is 18.3 Å². The highest BCUT2D eigenvalue weighted by atomic mass is 19.1. The topological polar surface area (TPSA) is 60.5 Å². The van der Waals surface area contributed by atoms with E-state index in [4.69, 9.17) is 9.47 Å². The van der Waals surface area contributed by atoms with E-state index in [-0.39, 0.29) is 6.10 Å². The summed E-state index contributed by atoms with van der Waals surface area (Å²) >= 11 is 0. The predicted molar refractivity (Wildman–Crippen MR) is 70.5 cm³/mol. The van der Waals surface area contributed by atoms with Crippen molar-refractivity contribution in [1.29, 1.82) is 0 Å². The second kappa shape index (κ2) is 6.28. The highest BCUT2D eigenvalue weighted by molar-refractivity contribution is 5.81. The van der Waals surface area contributed by atoms with Crippen molar-refractivity contribution in [1.82, 2.24) is 10.3 Å². The summed E-state index contributed by atoms with van der Waals surface area (Å²) < 4.78 is 23.3. The quantitative estimate of drug-likeness (QED) is 0.827. The van der Waals surface area contributed by atoms with Crippen LogP contribution in [0.3, 0.4) is 0 Å². The monoisotopic (exact) mass is 282 g/mol. The van der Waals surface area contributed by atoms with Crippen LogP contribution in [0.1, 0.15) is 25.5 Å². The summed E-state index contributed by atoms with van der Waals surface area (Å²) in [5, 5.41) is 3.14. The summed E-state index contributed by atoms with van der Waals surface area (Å²) in [6.45, 7) is 2.94. The van der Waals surface area contributed by atoms with Crippen molar-refractivity contribution in [3.63, 3.8) is 0 Å². The summed E-state index contributed by atoms with van der Waals surface area (Å²) in [6, 6.07) is 2.76. The van der Waals surface area contributed by atoms with E-state index in [0.717, 1.165) is 25.6 Å². The first kappa shape index (κ1) is 14.9. The fraction of sp³-hybridized carbons (Fsp3) is 0.571. The Bertz CT molecular complexity index is 460. The lowest BCUT2D eigenvalue weighted by atomic mass is 9.96. The fourth-order valence-electron chi connectivity index (χ4n) is 2.27. The molecule has 1 fully saturated rings. The molecule has 0 aromatic carbocycles. The molecule has 1 N–H and O–H groups in total. The van der Waals surface area contributed by atoms with Crippen LogP contribution in [-0.2, 0) is 19.8 Å². The molecule has 110 valence electrons. The molecule has 1 aliphatic rings. The van der Waals surface area contributed by atoms with Crippen LogP contribution in [0.4, 0.5) is 4.39 Å². The van der Waals surface area contributed by atoms with Gasteiger partial charge in [0.25, 0.3) is 0 Å². The molecule has 0 aliphatic carbocycles. The summed E-state index contributed by atoms with van der Waals surface area (Å²) in [4.78, 5) is 16.1. The largest absolute Gasteiger partial charge is 0.467 e. The standard InChI is InChI=1S/C14H19FN2O3/c1-14(13(18)19-2,12-6-5-10(15)8-16-12)17-9-11-4-3-7-20-11/h5-6,8,11,17H,3-4,7,9H2,1-2H3. The van der Waals surface area contributed by atoms with Crippen molar-refractivity contribution in [2.45, 2.75) is 31.4 Å². The number of carbonyl (C=O) groups is 1. The van der Waals surface area contributed by atoms with Gasteiger partial charge in [0.2, 0.25) is 0 Å². The van der Waals surface area contributed by atoms with E-state index in [1.165, 1.54) is 19.2 Å². The molecule has 0 spiro atoms. The molecule has 1 aromatic heterocycles. The van der Waals surface area contributed by atoms with Gasteiger partial charge in [0.05, 0.1) is 25.1 Å². The van der Waals surface area contributed by atoms with Crippen LogP contribution in [0.25, 0.3) is 0 Å². The van der Waals surface area contributed by atoms with E-state index in [2.05, 4.69) is 10.3 Å². The van der Waals surface area contributed by atoms with Crippen molar-refractivity contribution in [3.8, 4) is 0 Å². The fourth-order valence-corrected chi connectivity index (χ4v) is 2.27. The number of ether oxygens (including phenoxy) is 2. The van der Waals surface area contributed by atoms with Crippen LogP contribution in [0.2, 0.25) is 0 Å². The molecule has 6 heteroatoms. The highest BCUT2D eigenvalue weighted by Gasteiger charge is 2.38. The molecule has 2 unspecified atom stereocenters. The van der Waals surface area contributed by atoms with Crippen LogP contribution in [-0.4, -0.2) is 37.3 Å². The molecule has 20 heavy (non-hydrogen) atoms. The Labute approximate surface area is 117 Å². The number of esters is 1. The van der Waals surface area contributed by atoms with Gasteiger partial charge in [-0.3, -0.25) is 10.3 Å². The average Bonchev–Trinajstić information content (AvgIpc) is 2.98. The second-order valence-electron chi connectivity index (χ2n) is 4.99. The molecule has 0 amide bonds. The first-order valence-electron chi connectivity index (χ1n) is 6.63. The number of hydrogen-bond donors (Lipinski definition) is 1. The zero-order valence-corrected chi connectivity index (χ0v) is 11.7. The van der Waals surface area contributed by atoms with E-state index >= 15 is 0 Å². The third-order valence-electron chi connectivity index (χ3n) is 3.54. The highest BCUT2D eigenvalue weighted by Crippen LogP contribution is 2.22. The van der Waals surface area contributed by atoms with E-state index in [1.54, 1.807) is 6.92 Å². The molecule has 0 bridgehead atoms. The minimum atomic E-state index is -1.12. The molecule has 2 atom stereocenters. The molecule has 5 nitrogen and oxygen atoms in total. The molecule has 1 aromatic rings. The molecular weight excluding hydrogens is 263 g/mol. The van der Waals surface area contributed by atoms with Gasteiger partial charge in [0.1, 0.15) is 5.82 Å². The molecular formula is C14H19FN2O3. The van der Waals surface area contributed by atoms with E-state index < -0.39 is 17.3 Å². The molecule has 2 heterocycles.